The number of hydrogen-bond acceptors (Lipinski definition) is 2. The number of rotatable bonds is 3. The van der Waals surface area contributed by atoms with Crippen molar-refractivity contribution in [1.29, 1.82) is 0 Å². The second kappa shape index (κ2) is 5.44. The van der Waals surface area contributed by atoms with Gasteiger partial charge in [-0.2, -0.15) is 0 Å². The van der Waals surface area contributed by atoms with Gasteiger partial charge in [0.05, 0.1) is 11.3 Å². The summed E-state index contributed by atoms with van der Waals surface area (Å²) >= 11 is 3.43. The lowest BCUT2D eigenvalue weighted by Crippen LogP contribution is -2.50. The Labute approximate surface area is 132 Å². The lowest BCUT2D eigenvalue weighted by Gasteiger charge is -2.43. The van der Waals surface area contributed by atoms with E-state index >= 15 is 0 Å². The Balaban J connectivity index is 1.81. The van der Waals surface area contributed by atoms with Gasteiger partial charge in [0, 0.05) is 17.6 Å². The van der Waals surface area contributed by atoms with E-state index in [4.69, 9.17) is 5.73 Å². The molecule has 0 aromatic heterocycles. The van der Waals surface area contributed by atoms with Crippen molar-refractivity contribution in [3.8, 4) is 0 Å². The molecular weight excluding hydrogens is 332 g/mol. The molecule has 0 bridgehead atoms. The molecule has 1 aliphatic heterocycles. The molecule has 1 heterocycles. The van der Waals surface area contributed by atoms with Crippen LogP contribution in [0, 0.1) is 5.92 Å². The maximum absolute atomic E-state index is 13.0. The molecule has 1 aliphatic carbocycles. The van der Waals surface area contributed by atoms with Gasteiger partial charge in [0.2, 0.25) is 11.8 Å². The topological polar surface area (TPSA) is 63.4 Å². The molecule has 5 heteroatoms. The van der Waals surface area contributed by atoms with Crippen LogP contribution in [0.25, 0.3) is 0 Å². The smallest absolute Gasteiger partial charge is 0.233 e. The summed E-state index contributed by atoms with van der Waals surface area (Å²) in [7, 11) is 0. The number of likely N-dealkylation sites (tertiary alicyclic amines) is 1. The second-order valence-electron chi connectivity index (χ2n) is 6.08. The quantitative estimate of drug-likeness (QED) is 0.908. The number of benzene rings is 1. The summed E-state index contributed by atoms with van der Waals surface area (Å²) in [4.78, 5) is 26.1. The molecule has 3 rings (SSSR count). The third kappa shape index (κ3) is 2.48. The Bertz CT molecular complexity index is 566. The molecule has 4 nitrogen and oxygen atoms in total. The van der Waals surface area contributed by atoms with E-state index in [1.807, 2.05) is 29.2 Å². The largest absolute Gasteiger partial charge is 0.369 e. The van der Waals surface area contributed by atoms with Crippen LogP contribution in [0.4, 0.5) is 0 Å². The molecule has 2 fully saturated rings. The van der Waals surface area contributed by atoms with Crippen LogP contribution < -0.4 is 5.73 Å². The number of primary amides is 1. The maximum Gasteiger partial charge on any atom is 0.233 e. The molecule has 1 atom stereocenters. The Morgan fingerprint density at radius 1 is 1.24 bits per heavy atom. The Morgan fingerprint density at radius 2 is 1.90 bits per heavy atom. The Morgan fingerprint density at radius 3 is 2.38 bits per heavy atom. The monoisotopic (exact) mass is 350 g/mol. The summed E-state index contributed by atoms with van der Waals surface area (Å²) in [5.41, 5.74) is 6.07. The Kier molecular flexibility index (Phi) is 3.78. The van der Waals surface area contributed by atoms with Crippen LogP contribution in [0.3, 0.4) is 0 Å². The first-order valence-corrected chi connectivity index (χ1v) is 8.17. The maximum atomic E-state index is 13.0. The summed E-state index contributed by atoms with van der Waals surface area (Å²) in [6, 6.07) is 8.03. The fraction of sp³-hybridized carbons (Fsp3) is 0.500. The van der Waals surface area contributed by atoms with E-state index in [9.17, 15) is 9.59 Å². The minimum Gasteiger partial charge on any atom is -0.369 e. The van der Waals surface area contributed by atoms with Gasteiger partial charge in [0.15, 0.2) is 0 Å². The van der Waals surface area contributed by atoms with E-state index in [0.717, 1.165) is 29.3 Å². The van der Waals surface area contributed by atoms with Crippen molar-refractivity contribution in [1.82, 2.24) is 4.90 Å². The molecule has 0 unspecified atom stereocenters. The van der Waals surface area contributed by atoms with E-state index in [0.29, 0.717) is 19.5 Å². The van der Waals surface area contributed by atoms with Crippen molar-refractivity contribution in [2.45, 2.75) is 31.1 Å². The molecule has 1 saturated carbocycles. The predicted molar refractivity (Wildman–Crippen MR) is 83.6 cm³/mol. The van der Waals surface area contributed by atoms with Gasteiger partial charge in [0.1, 0.15) is 0 Å². The third-order valence-electron chi connectivity index (χ3n) is 4.89. The van der Waals surface area contributed by atoms with Crippen LogP contribution in [-0.4, -0.2) is 29.8 Å². The molecule has 2 N–H and O–H groups in total. The fourth-order valence-corrected chi connectivity index (χ4v) is 3.67. The lowest BCUT2D eigenvalue weighted by molar-refractivity contribution is -0.140. The highest BCUT2D eigenvalue weighted by molar-refractivity contribution is 9.10. The zero-order chi connectivity index (χ0) is 15.0. The average molecular weight is 351 g/mol. The van der Waals surface area contributed by atoms with Crippen molar-refractivity contribution in [3.63, 3.8) is 0 Å². The van der Waals surface area contributed by atoms with E-state index in [1.54, 1.807) is 0 Å². The summed E-state index contributed by atoms with van der Waals surface area (Å²) in [5, 5.41) is 0. The number of nitrogens with two attached hydrogens (primary N) is 1. The van der Waals surface area contributed by atoms with Gasteiger partial charge in [-0.05, 0) is 37.0 Å². The van der Waals surface area contributed by atoms with Gasteiger partial charge in [-0.25, -0.2) is 0 Å². The van der Waals surface area contributed by atoms with Crippen molar-refractivity contribution in [3.05, 3.63) is 34.3 Å². The fourth-order valence-electron chi connectivity index (χ4n) is 3.40. The van der Waals surface area contributed by atoms with E-state index < -0.39 is 0 Å². The summed E-state index contributed by atoms with van der Waals surface area (Å²) in [6.45, 7) is 1.12. The molecule has 0 spiro atoms. The molecule has 21 heavy (non-hydrogen) atoms. The third-order valence-corrected chi connectivity index (χ3v) is 5.42. The SMILES string of the molecule is NC(=O)[C@@H]1CCN(C(=O)C2(c3ccc(Br)cc3)CCC2)C1. The minimum absolute atomic E-state index is 0.167. The summed E-state index contributed by atoms with van der Waals surface area (Å²) in [5.74, 6) is -0.313. The standard InChI is InChI=1S/C16H19BrN2O2/c17-13-4-2-12(3-5-13)16(7-1-8-16)15(21)19-9-6-11(10-19)14(18)20/h2-5,11H,1,6-10H2,(H2,18,20)/t11-/m1/s1. The zero-order valence-corrected chi connectivity index (χ0v) is 13.4. The van der Waals surface area contributed by atoms with Crippen LogP contribution in [-0.2, 0) is 15.0 Å². The van der Waals surface area contributed by atoms with Crippen LogP contribution in [0.1, 0.15) is 31.2 Å². The summed E-state index contributed by atoms with van der Waals surface area (Å²) in [6.07, 6.45) is 3.56. The second-order valence-corrected chi connectivity index (χ2v) is 7.00. The molecular formula is C16H19BrN2O2. The van der Waals surface area contributed by atoms with Crippen molar-refractivity contribution < 1.29 is 9.59 Å². The van der Waals surface area contributed by atoms with Gasteiger partial charge < -0.3 is 10.6 Å². The molecule has 2 aliphatic rings. The number of halogens is 1. The van der Waals surface area contributed by atoms with Gasteiger partial charge in [-0.3, -0.25) is 9.59 Å². The van der Waals surface area contributed by atoms with Gasteiger partial charge >= 0.3 is 0 Å². The van der Waals surface area contributed by atoms with Crippen molar-refractivity contribution >= 4 is 27.7 Å². The first-order chi connectivity index (χ1) is 10.0. The average Bonchev–Trinajstić information content (AvgIpc) is 2.89. The van der Waals surface area contributed by atoms with Crippen molar-refractivity contribution in [2.75, 3.05) is 13.1 Å². The van der Waals surface area contributed by atoms with Crippen molar-refractivity contribution in [2.24, 2.45) is 11.7 Å². The number of carbonyl (C=O) groups is 2. The van der Waals surface area contributed by atoms with Crippen LogP contribution >= 0.6 is 15.9 Å². The van der Waals surface area contributed by atoms with Crippen LogP contribution in [0.5, 0.6) is 0 Å². The first-order valence-electron chi connectivity index (χ1n) is 7.38. The molecule has 1 saturated heterocycles. The molecule has 112 valence electrons. The molecule has 2 amide bonds. The predicted octanol–water partition coefficient (Wildman–Crippen LogP) is 2.20. The lowest BCUT2D eigenvalue weighted by atomic mass is 9.63. The summed E-state index contributed by atoms with van der Waals surface area (Å²) < 4.78 is 1.02. The van der Waals surface area contributed by atoms with Gasteiger partial charge in [0.25, 0.3) is 0 Å². The van der Waals surface area contributed by atoms with Gasteiger partial charge in [-0.15, -0.1) is 0 Å². The zero-order valence-electron chi connectivity index (χ0n) is 11.8. The van der Waals surface area contributed by atoms with Crippen LogP contribution in [0.2, 0.25) is 0 Å². The minimum atomic E-state index is -0.382. The Hall–Kier alpha value is -1.36. The number of carbonyl (C=O) groups excluding carboxylic acids is 2. The number of hydrogen-bond donors (Lipinski definition) is 1. The molecule has 0 radical (unpaired) electrons. The highest BCUT2D eigenvalue weighted by atomic mass is 79.9. The van der Waals surface area contributed by atoms with E-state index in [-0.39, 0.29) is 23.1 Å². The van der Waals surface area contributed by atoms with Gasteiger partial charge in [-0.1, -0.05) is 34.5 Å². The van der Waals surface area contributed by atoms with E-state index in [1.165, 1.54) is 0 Å². The highest BCUT2D eigenvalue weighted by Crippen LogP contribution is 2.46. The first kappa shape index (κ1) is 14.6. The molecule has 1 aromatic rings. The molecule has 1 aromatic carbocycles. The highest BCUT2D eigenvalue weighted by Gasteiger charge is 2.48. The number of nitrogens with zero attached hydrogens (tertiary/aromatic N) is 1. The van der Waals surface area contributed by atoms with E-state index in [2.05, 4.69) is 15.9 Å². The number of amides is 2. The normalized spacial score (nSPS) is 23.7. The van der Waals surface area contributed by atoms with Crippen LogP contribution in [0.15, 0.2) is 28.7 Å².